The molecule has 10 heteroatoms. The molecule has 0 unspecified atom stereocenters. The van der Waals surface area contributed by atoms with Gasteiger partial charge in [-0.1, -0.05) is 0 Å². The minimum absolute atomic E-state index is 0.0489. The van der Waals surface area contributed by atoms with Crippen LogP contribution in [0.5, 0.6) is 0 Å². The fraction of sp³-hybridized carbons (Fsp3) is 0.235. The Kier molecular flexibility index (Phi) is 4.83. The average Bonchev–Trinajstić information content (AvgIpc) is 3.40. The number of nitrogens with zero attached hydrogens (tertiary/aromatic N) is 1. The number of carbonyl (C=O) groups is 1. The van der Waals surface area contributed by atoms with E-state index in [1.165, 1.54) is 12.1 Å². The normalized spacial score (nSPS) is 13.9. The van der Waals surface area contributed by atoms with Crippen molar-refractivity contribution in [1.29, 1.82) is 0 Å². The smallest absolute Gasteiger partial charge is 0.293 e. The molecule has 0 aliphatic heterocycles. The van der Waals surface area contributed by atoms with Gasteiger partial charge in [0, 0.05) is 23.9 Å². The summed E-state index contributed by atoms with van der Waals surface area (Å²) in [5.74, 6) is -1.61. The predicted molar refractivity (Wildman–Crippen MR) is 97.2 cm³/mol. The third-order valence-corrected chi connectivity index (χ3v) is 5.12. The van der Waals surface area contributed by atoms with Gasteiger partial charge in [-0.2, -0.15) is 0 Å². The number of benzene rings is 2. The summed E-state index contributed by atoms with van der Waals surface area (Å²) in [6.07, 6.45) is 2.81. The quantitative estimate of drug-likeness (QED) is 0.442. The lowest BCUT2D eigenvalue weighted by Gasteiger charge is -2.10. The number of nitrogens with one attached hydrogen (secondary N) is 2. The van der Waals surface area contributed by atoms with Crippen molar-refractivity contribution in [2.45, 2.75) is 23.8 Å². The standard InChI is InChI=1S/C17H16FN3O5S/c1-27(25,26)12-5-6-13(18)15(9-12)20-17(22)10-2-7-14(19-11-3-4-11)16(8-10)21(23)24/h2,5-9,11,19H,3-4H2,1H3,(H,20,22). The first-order chi connectivity index (χ1) is 12.6. The largest absolute Gasteiger partial charge is 0.377 e. The highest BCUT2D eigenvalue weighted by molar-refractivity contribution is 7.90. The molecule has 2 aromatic rings. The maximum absolute atomic E-state index is 13.9. The van der Waals surface area contributed by atoms with E-state index in [9.17, 15) is 27.7 Å². The molecule has 0 bridgehead atoms. The van der Waals surface area contributed by atoms with E-state index in [0.717, 1.165) is 43.4 Å². The third kappa shape index (κ3) is 4.40. The van der Waals surface area contributed by atoms with Crippen LogP contribution in [0.1, 0.15) is 23.2 Å². The van der Waals surface area contributed by atoms with Gasteiger partial charge in [0.25, 0.3) is 11.6 Å². The van der Waals surface area contributed by atoms with Gasteiger partial charge in [0.05, 0.1) is 15.5 Å². The molecule has 0 radical (unpaired) electrons. The van der Waals surface area contributed by atoms with Crippen molar-refractivity contribution < 1.29 is 22.5 Å². The molecule has 142 valence electrons. The molecule has 0 spiro atoms. The molecule has 1 fully saturated rings. The van der Waals surface area contributed by atoms with Gasteiger partial charge in [-0.05, 0) is 43.2 Å². The van der Waals surface area contributed by atoms with Crippen LogP contribution < -0.4 is 10.6 Å². The van der Waals surface area contributed by atoms with E-state index in [2.05, 4.69) is 10.6 Å². The van der Waals surface area contributed by atoms with Crippen LogP contribution in [0.25, 0.3) is 0 Å². The van der Waals surface area contributed by atoms with Crippen LogP contribution in [0.15, 0.2) is 41.3 Å². The Labute approximate surface area is 154 Å². The summed E-state index contributed by atoms with van der Waals surface area (Å²) < 4.78 is 37.1. The van der Waals surface area contributed by atoms with Gasteiger partial charge in [0.15, 0.2) is 9.84 Å². The molecule has 3 rings (SSSR count). The van der Waals surface area contributed by atoms with E-state index in [4.69, 9.17) is 0 Å². The van der Waals surface area contributed by atoms with Crippen molar-refractivity contribution in [3.05, 3.63) is 57.9 Å². The molecule has 0 heterocycles. The molecule has 1 amide bonds. The molecule has 0 atom stereocenters. The zero-order valence-electron chi connectivity index (χ0n) is 14.2. The highest BCUT2D eigenvalue weighted by Crippen LogP contribution is 2.32. The van der Waals surface area contributed by atoms with Crippen LogP contribution in [0.4, 0.5) is 21.5 Å². The Hall–Kier alpha value is -3.01. The van der Waals surface area contributed by atoms with Crippen molar-refractivity contribution in [2.75, 3.05) is 16.9 Å². The number of sulfone groups is 1. The minimum atomic E-state index is -3.59. The number of nitro groups is 1. The molecular formula is C17H16FN3O5S. The van der Waals surface area contributed by atoms with Crippen LogP contribution in [-0.2, 0) is 9.84 Å². The van der Waals surface area contributed by atoms with E-state index in [0.29, 0.717) is 5.69 Å². The van der Waals surface area contributed by atoms with Crippen LogP contribution in [0, 0.1) is 15.9 Å². The Morgan fingerprint density at radius 2 is 1.89 bits per heavy atom. The average molecular weight is 393 g/mol. The highest BCUT2D eigenvalue weighted by Gasteiger charge is 2.25. The zero-order chi connectivity index (χ0) is 19.8. The van der Waals surface area contributed by atoms with Crippen LogP contribution in [0.2, 0.25) is 0 Å². The van der Waals surface area contributed by atoms with E-state index < -0.39 is 26.5 Å². The predicted octanol–water partition coefficient (Wildman–Crippen LogP) is 2.96. The summed E-state index contributed by atoms with van der Waals surface area (Å²) in [4.78, 5) is 22.9. The van der Waals surface area contributed by atoms with Crippen molar-refractivity contribution in [1.82, 2.24) is 0 Å². The summed E-state index contributed by atoms with van der Waals surface area (Å²) >= 11 is 0. The lowest BCUT2D eigenvalue weighted by Crippen LogP contribution is -2.14. The van der Waals surface area contributed by atoms with Gasteiger partial charge in [0.1, 0.15) is 11.5 Å². The second-order valence-corrected chi connectivity index (χ2v) is 8.29. The van der Waals surface area contributed by atoms with Gasteiger partial charge in [-0.15, -0.1) is 0 Å². The van der Waals surface area contributed by atoms with Gasteiger partial charge in [0.2, 0.25) is 0 Å². The second kappa shape index (κ2) is 6.95. The summed E-state index contributed by atoms with van der Waals surface area (Å²) in [6.45, 7) is 0. The summed E-state index contributed by atoms with van der Waals surface area (Å²) in [6, 6.07) is 7.11. The molecule has 2 aromatic carbocycles. The molecule has 1 aliphatic rings. The maximum atomic E-state index is 13.9. The molecule has 1 aliphatic carbocycles. The SMILES string of the molecule is CS(=O)(=O)c1ccc(F)c(NC(=O)c2ccc(NC3CC3)c([N+](=O)[O-])c2)c1. The van der Waals surface area contributed by atoms with E-state index >= 15 is 0 Å². The molecule has 1 saturated carbocycles. The van der Waals surface area contributed by atoms with Crippen molar-refractivity contribution >= 4 is 32.8 Å². The zero-order valence-corrected chi connectivity index (χ0v) is 15.0. The molecule has 27 heavy (non-hydrogen) atoms. The summed E-state index contributed by atoms with van der Waals surface area (Å²) in [5.41, 5.74) is -0.331. The second-order valence-electron chi connectivity index (χ2n) is 6.28. The molecule has 2 N–H and O–H groups in total. The first-order valence-electron chi connectivity index (χ1n) is 8.01. The van der Waals surface area contributed by atoms with Gasteiger partial charge >= 0.3 is 0 Å². The third-order valence-electron chi connectivity index (χ3n) is 4.01. The van der Waals surface area contributed by atoms with Crippen LogP contribution in [0.3, 0.4) is 0 Å². The van der Waals surface area contributed by atoms with Crippen molar-refractivity contribution in [3.63, 3.8) is 0 Å². The fourth-order valence-corrected chi connectivity index (χ4v) is 3.07. The number of hydrogen-bond acceptors (Lipinski definition) is 6. The Balaban J connectivity index is 1.88. The first kappa shape index (κ1) is 18.8. The molecule has 0 aromatic heterocycles. The maximum Gasteiger partial charge on any atom is 0.293 e. The number of amides is 1. The van der Waals surface area contributed by atoms with Crippen LogP contribution >= 0.6 is 0 Å². The number of hydrogen-bond donors (Lipinski definition) is 2. The monoisotopic (exact) mass is 393 g/mol. The van der Waals surface area contributed by atoms with Crippen molar-refractivity contribution in [3.8, 4) is 0 Å². The first-order valence-corrected chi connectivity index (χ1v) is 9.90. The number of nitro benzene ring substituents is 1. The summed E-state index contributed by atoms with van der Waals surface area (Å²) in [5, 5.41) is 16.5. The number of halogens is 1. The Morgan fingerprint density at radius 1 is 1.19 bits per heavy atom. The summed E-state index contributed by atoms with van der Waals surface area (Å²) in [7, 11) is -3.59. The van der Waals surface area contributed by atoms with E-state index in [-0.39, 0.29) is 27.9 Å². The fourth-order valence-electron chi connectivity index (χ4n) is 2.42. The van der Waals surface area contributed by atoms with Crippen molar-refractivity contribution in [2.24, 2.45) is 0 Å². The van der Waals surface area contributed by atoms with Crippen LogP contribution in [-0.4, -0.2) is 31.5 Å². The number of carbonyl (C=O) groups excluding carboxylic acids is 1. The van der Waals surface area contributed by atoms with Gasteiger partial charge in [-0.3, -0.25) is 14.9 Å². The molecule has 0 saturated heterocycles. The lowest BCUT2D eigenvalue weighted by atomic mass is 10.1. The molecule has 8 nitrogen and oxygen atoms in total. The lowest BCUT2D eigenvalue weighted by molar-refractivity contribution is -0.384. The van der Waals surface area contributed by atoms with E-state index in [1.54, 1.807) is 0 Å². The minimum Gasteiger partial charge on any atom is -0.377 e. The Bertz CT molecular complexity index is 1030. The highest BCUT2D eigenvalue weighted by atomic mass is 32.2. The van der Waals surface area contributed by atoms with E-state index in [1.807, 2.05) is 0 Å². The number of rotatable bonds is 6. The molecular weight excluding hydrogens is 377 g/mol. The number of anilines is 2. The van der Waals surface area contributed by atoms with Gasteiger partial charge in [-0.25, -0.2) is 12.8 Å². The van der Waals surface area contributed by atoms with Gasteiger partial charge < -0.3 is 10.6 Å². The Morgan fingerprint density at radius 3 is 2.48 bits per heavy atom. The topological polar surface area (TPSA) is 118 Å².